The van der Waals surface area contributed by atoms with Crippen LogP contribution in [0.4, 0.5) is 0 Å². The van der Waals surface area contributed by atoms with Crippen molar-refractivity contribution in [2.45, 2.75) is 31.6 Å². The van der Waals surface area contributed by atoms with Crippen molar-refractivity contribution in [1.29, 1.82) is 0 Å². The summed E-state index contributed by atoms with van der Waals surface area (Å²) in [5.74, 6) is 0. The van der Waals surface area contributed by atoms with E-state index in [2.05, 4.69) is 115 Å². The van der Waals surface area contributed by atoms with Gasteiger partial charge in [0.15, 0.2) is 0 Å². The molecule has 0 aliphatic rings. The molecular weight excluding hydrogens is 556 g/mol. The Morgan fingerprint density at radius 3 is 1.38 bits per heavy atom. The Morgan fingerprint density at radius 1 is 0.622 bits per heavy atom. The van der Waals surface area contributed by atoms with Gasteiger partial charge in [0.05, 0.1) is 0 Å². The van der Waals surface area contributed by atoms with E-state index in [9.17, 15) is 0 Å². The van der Waals surface area contributed by atoms with Gasteiger partial charge in [-0.15, -0.1) is 0 Å². The third-order valence-corrected chi connectivity index (χ3v) is 19.6. The van der Waals surface area contributed by atoms with Crippen molar-refractivity contribution >= 4 is 45.0 Å². The number of rotatable bonds is 13. The number of benzene rings is 4. The van der Waals surface area contributed by atoms with Crippen LogP contribution >= 0.6 is 6.72 Å². The molecule has 4 rings (SSSR count). The van der Waals surface area contributed by atoms with Gasteiger partial charge in [-0.05, 0) is 0 Å². The molecule has 0 aliphatic heterocycles. The minimum atomic E-state index is -3.13. The Kier molecular flexibility index (Phi) is 10.3. The predicted molar refractivity (Wildman–Crippen MR) is 161 cm³/mol. The molecule has 1 unspecified atom stereocenters. The fourth-order valence-corrected chi connectivity index (χ4v) is 17.4. The fourth-order valence-electron chi connectivity index (χ4n) is 4.97. The molecule has 3 nitrogen and oxygen atoms in total. The Balaban J connectivity index is 1.81. The first-order valence-electron chi connectivity index (χ1n) is 12.9. The zero-order valence-corrected chi connectivity index (χ0v) is 25.3. The van der Waals surface area contributed by atoms with Crippen molar-refractivity contribution in [1.82, 2.24) is 0 Å². The zero-order valence-electron chi connectivity index (χ0n) is 21.5. The molecule has 0 aromatic heterocycles. The van der Waals surface area contributed by atoms with Crippen molar-refractivity contribution in [2.24, 2.45) is 0 Å². The van der Waals surface area contributed by atoms with Crippen LogP contribution in [-0.2, 0) is 25.4 Å². The van der Waals surface area contributed by atoms with Gasteiger partial charge in [0.25, 0.3) is 0 Å². The molecule has 0 saturated heterocycles. The summed E-state index contributed by atoms with van der Waals surface area (Å²) >= 11 is 2.69. The Hall–Kier alpha value is -2.05. The van der Waals surface area contributed by atoms with Gasteiger partial charge in [-0.25, -0.2) is 0 Å². The van der Waals surface area contributed by atoms with E-state index < -0.39 is 20.0 Å². The molecular formula is C31H35GeO3PS. The average Bonchev–Trinajstić information content (AvgIpc) is 2.95. The standard InChI is InChI=1S/C31H35GeO3PS/c1-3-33-36(37,34-4-2)35-31(27-17-9-5-10-18-27)25-26-32(28-19-11-6-12-20-28,29-21-13-7-14-22-29)30-23-15-8-16-24-30/h5-24,31H,3-4,25-26H2,1-2H3. The summed E-state index contributed by atoms with van der Waals surface area (Å²) in [6.45, 7) is 1.89. The van der Waals surface area contributed by atoms with Crippen LogP contribution in [0.2, 0.25) is 5.25 Å². The summed E-state index contributed by atoms with van der Waals surface area (Å²) in [4.78, 5) is 0. The number of hydrogen-bond acceptors (Lipinski definition) is 4. The van der Waals surface area contributed by atoms with Crippen LogP contribution in [0.3, 0.4) is 0 Å². The van der Waals surface area contributed by atoms with Gasteiger partial charge >= 0.3 is 230 Å². The second-order valence-electron chi connectivity index (χ2n) is 8.83. The van der Waals surface area contributed by atoms with Gasteiger partial charge in [-0.1, -0.05) is 0 Å². The van der Waals surface area contributed by atoms with E-state index in [1.165, 1.54) is 13.2 Å². The molecule has 0 N–H and O–H groups in total. The van der Waals surface area contributed by atoms with Gasteiger partial charge in [0.2, 0.25) is 0 Å². The van der Waals surface area contributed by atoms with Crippen molar-refractivity contribution in [3.05, 3.63) is 127 Å². The van der Waals surface area contributed by atoms with Crippen LogP contribution in [0, 0.1) is 0 Å². The average molecular weight is 591 g/mol. The van der Waals surface area contributed by atoms with E-state index in [0.29, 0.717) is 13.2 Å². The summed E-state index contributed by atoms with van der Waals surface area (Å²) in [6, 6.07) is 43.5. The first kappa shape index (κ1) is 28.0. The molecule has 6 heteroatoms. The molecule has 0 spiro atoms. The summed E-state index contributed by atoms with van der Waals surface area (Å²) in [5, 5.41) is 0.991. The van der Waals surface area contributed by atoms with Gasteiger partial charge < -0.3 is 0 Å². The summed E-state index contributed by atoms with van der Waals surface area (Å²) in [7, 11) is 0. The molecule has 192 valence electrons. The maximum absolute atomic E-state index is 6.62. The van der Waals surface area contributed by atoms with Gasteiger partial charge in [0, 0.05) is 0 Å². The van der Waals surface area contributed by atoms with Crippen LogP contribution in [0.1, 0.15) is 31.9 Å². The molecule has 0 bridgehead atoms. The van der Waals surface area contributed by atoms with E-state index in [-0.39, 0.29) is 6.10 Å². The van der Waals surface area contributed by atoms with Crippen molar-refractivity contribution in [2.75, 3.05) is 13.2 Å². The van der Waals surface area contributed by atoms with E-state index in [0.717, 1.165) is 17.2 Å². The SMILES string of the molecule is CCOP(=S)(OCC)OC(C[CH2][Ge]([c]1ccccc1)([c]1ccccc1)[c]1ccccc1)c1ccccc1. The molecule has 0 saturated carbocycles. The second-order valence-corrected chi connectivity index (χ2v) is 20.3. The van der Waals surface area contributed by atoms with E-state index in [1.54, 1.807) is 0 Å². The first-order valence-corrected chi connectivity index (χ1v) is 20.1. The third-order valence-electron chi connectivity index (χ3n) is 6.58. The summed E-state index contributed by atoms with van der Waals surface area (Å²) in [5.41, 5.74) is 1.10. The molecule has 0 heterocycles. The molecule has 0 fully saturated rings. The molecule has 4 aromatic rings. The van der Waals surface area contributed by atoms with Crippen molar-refractivity contribution in [3.8, 4) is 0 Å². The topological polar surface area (TPSA) is 27.7 Å². The monoisotopic (exact) mass is 592 g/mol. The van der Waals surface area contributed by atoms with E-state index in [4.69, 9.17) is 25.4 Å². The Bertz CT molecular complexity index is 1150. The quantitative estimate of drug-likeness (QED) is 0.129. The van der Waals surface area contributed by atoms with Crippen LogP contribution in [0.15, 0.2) is 121 Å². The van der Waals surface area contributed by atoms with Crippen LogP contribution in [0.25, 0.3) is 0 Å². The molecule has 0 amide bonds. The van der Waals surface area contributed by atoms with Gasteiger partial charge in [0.1, 0.15) is 0 Å². The Morgan fingerprint density at radius 2 is 1.00 bits per heavy atom. The maximum atomic E-state index is 6.62. The second kappa shape index (κ2) is 13.7. The van der Waals surface area contributed by atoms with E-state index in [1.807, 2.05) is 19.9 Å². The normalized spacial score (nSPS) is 12.8. The van der Waals surface area contributed by atoms with E-state index >= 15 is 0 Å². The summed E-state index contributed by atoms with van der Waals surface area (Å²) < 4.78 is 22.7. The zero-order chi connectivity index (χ0) is 26.0. The van der Waals surface area contributed by atoms with Crippen LogP contribution in [-0.4, -0.2) is 26.5 Å². The molecule has 0 aliphatic carbocycles. The van der Waals surface area contributed by atoms with Crippen LogP contribution < -0.4 is 13.2 Å². The predicted octanol–water partition coefficient (Wildman–Crippen LogP) is 6.60. The van der Waals surface area contributed by atoms with Gasteiger partial charge in [-0.3, -0.25) is 0 Å². The minimum absolute atomic E-state index is 0.230. The molecule has 1 atom stereocenters. The molecule has 4 aromatic carbocycles. The third kappa shape index (κ3) is 6.89. The molecule has 37 heavy (non-hydrogen) atoms. The van der Waals surface area contributed by atoms with Crippen molar-refractivity contribution in [3.63, 3.8) is 0 Å². The van der Waals surface area contributed by atoms with Gasteiger partial charge in [-0.2, -0.15) is 0 Å². The van der Waals surface area contributed by atoms with Crippen LogP contribution in [0.5, 0.6) is 0 Å². The Labute approximate surface area is 229 Å². The molecule has 0 radical (unpaired) electrons. The van der Waals surface area contributed by atoms with Crippen molar-refractivity contribution < 1.29 is 13.6 Å². The first-order chi connectivity index (χ1) is 18.1. The fraction of sp³-hybridized carbons (Fsp3) is 0.226. The summed E-state index contributed by atoms with van der Waals surface area (Å²) in [6.07, 6.45) is 0.576. The number of hydrogen-bond donors (Lipinski definition) is 0.